The Morgan fingerprint density at radius 3 is 2.79 bits per heavy atom. The van der Waals surface area contributed by atoms with Crippen molar-refractivity contribution in [3.05, 3.63) is 28.8 Å². The van der Waals surface area contributed by atoms with Crippen molar-refractivity contribution in [3.8, 4) is 0 Å². The van der Waals surface area contributed by atoms with Crippen LogP contribution in [0.25, 0.3) is 0 Å². The maximum absolute atomic E-state index is 12.4. The molecule has 0 aliphatic carbocycles. The quantitative estimate of drug-likeness (QED) is 0.748. The number of benzene rings is 1. The van der Waals surface area contributed by atoms with Gasteiger partial charge in [-0.25, -0.2) is 4.79 Å². The van der Waals surface area contributed by atoms with Gasteiger partial charge in [-0.05, 0) is 70.2 Å². The summed E-state index contributed by atoms with van der Waals surface area (Å²) in [5.74, 6) is 0. The molecule has 2 aliphatic heterocycles. The highest BCUT2D eigenvalue weighted by atomic mass is 35.5. The van der Waals surface area contributed by atoms with E-state index in [4.69, 9.17) is 16.3 Å². The molecular formula is C19H27ClN2O2. The molecule has 1 aromatic rings. The Bertz CT molecular complexity index is 612. The number of piperidine rings is 1. The van der Waals surface area contributed by atoms with Gasteiger partial charge in [-0.15, -0.1) is 0 Å². The summed E-state index contributed by atoms with van der Waals surface area (Å²) in [6.07, 6.45) is 4.15. The van der Waals surface area contributed by atoms with Crippen LogP contribution in [0.4, 0.5) is 10.5 Å². The lowest BCUT2D eigenvalue weighted by atomic mass is 9.96. The smallest absolute Gasteiger partial charge is 0.410 e. The summed E-state index contributed by atoms with van der Waals surface area (Å²) in [4.78, 5) is 16.7. The Hall–Kier alpha value is -1.42. The van der Waals surface area contributed by atoms with Gasteiger partial charge in [-0.1, -0.05) is 11.6 Å². The molecule has 1 saturated heterocycles. The minimum absolute atomic E-state index is 0.194. The second-order valence-corrected chi connectivity index (χ2v) is 8.23. The van der Waals surface area contributed by atoms with Gasteiger partial charge in [0.05, 0.1) is 0 Å². The Morgan fingerprint density at radius 1 is 1.25 bits per heavy atom. The zero-order chi connectivity index (χ0) is 17.3. The number of halogens is 1. The molecule has 1 fully saturated rings. The predicted molar refractivity (Wildman–Crippen MR) is 97.9 cm³/mol. The van der Waals surface area contributed by atoms with Crippen molar-refractivity contribution in [2.45, 2.75) is 58.1 Å². The van der Waals surface area contributed by atoms with E-state index in [0.717, 1.165) is 50.3 Å². The first-order valence-corrected chi connectivity index (χ1v) is 9.24. The van der Waals surface area contributed by atoms with Crippen LogP contribution < -0.4 is 4.90 Å². The maximum atomic E-state index is 12.4. The second-order valence-electron chi connectivity index (χ2n) is 7.79. The van der Waals surface area contributed by atoms with E-state index in [1.165, 1.54) is 11.3 Å². The van der Waals surface area contributed by atoms with E-state index in [2.05, 4.69) is 17.0 Å². The molecule has 0 radical (unpaired) electrons. The van der Waals surface area contributed by atoms with E-state index in [-0.39, 0.29) is 6.09 Å². The van der Waals surface area contributed by atoms with Crippen LogP contribution in [0.3, 0.4) is 0 Å². The van der Waals surface area contributed by atoms with E-state index in [0.29, 0.717) is 6.04 Å². The first-order valence-electron chi connectivity index (χ1n) is 8.86. The average molecular weight is 351 g/mol. The Balaban J connectivity index is 1.73. The fraction of sp³-hybridized carbons (Fsp3) is 0.632. The zero-order valence-corrected chi connectivity index (χ0v) is 15.6. The number of carbonyl (C=O) groups excluding carboxylic acids is 1. The topological polar surface area (TPSA) is 32.8 Å². The highest BCUT2D eigenvalue weighted by Gasteiger charge is 2.32. The molecule has 132 valence electrons. The highest BCUT2D eigenvalue weighted by molar-refractivity contribution is 6.30. The number of likely N-dealkylation sites (tertiary alicyclic amines) is 1. The fourth-order valence-corrected chi connectivity index (χ4v) is 3.87. The maximum Gasteiger partial charge on any atom is 0.410 e. The lowest BCUT2D eigenvalue weighted by Gasteiger charge is -2.43. The van der Waals surface area contributed by atoms with Crippen LogP contribution in [0, 0.1) is 0 Å². The molecular weight excluding hydrogens is 324 g/mol. The van der Waals surface area contributed by atoms with Gasteiger partial charge in [0.25, 0.3) is 0 Å². The molecule has 1 amide bonds. The number of hydrogen-bond donors (Lipinski definition) is 0. The minimum atomic E-state index is -0.446. The van der Waals surface area contributed by atoms with Crippen molar-refractivity contribution in [1.82, 2.24) is 4.90 Å². The van der Waals surface area contributed by atoms with Crippen LogP contribution in [0.1, 0.15) is 45.6 Å². The molecule has 24 heavy (non-hydrogen) atoms. The van der Waals surface area contributed by atoms with Crippen LogP contribution in [-0.2, 0) is 11.2 Å². The summed E-state index contributed by atoms with van der Waals surface area (Å²) < 4.78 is 5.55. The summed E-state index contributed by atoms with van der Waals surface area (Å²) in [6.45, 7) is 8.30. The molecule has 0 aromatic heterocycles. The normalized spacial score (nSPS) is 21.4. The first-order chi connectivity index (χ1) is 11.3. The van der Waals surface area contributed by atoms with Gasteiger partial charge in [-0.2, -0.15) is 0 Å². The van der Waals surface area contributed by atoms with Crippen LogP contribution in [0.15, 0.2) is 18.2 Å². The number of fused-ring (bicyclic) bond motifs is 1. The number of nitrogens with zero attached hydrogens (tertiary/aromatic N) is 2. The van der Waals surface area contributed by atoms with Crippen molar-refractivity contribution in [1.29, 1.82) is 0 Å². The van der Waals surface area contributed by atoms with Gasteiger partial charge in [0.1, 0.15) is 5.60 Å². The van der Waals surface area contributed by atoms with E-state index < -0.39 is 5.60 Å². The van der Waals surface area contributed by atoms with Crippen molar-refractivity contribution in [3.63, 3.8) is 0 Å². The second kappa shape index (κ2) is 6.83. The van der Waals surface area contributed by atoms with Crippen molar-refractivity contribution < 1.29 is 9.53 Å². The molecule has 5 heteroatoms. The van der Waals surface area contributed by atoms with E-state index >= 15 is 0 Å². The number of amides is 1. The highest BCUT2D eigenvalue weighted by Crippen LogP contribution is 2.33. The molecule has 3 rings (SSSR count). The summed E-state index contributed by atoms with van der Waals surface area (Å²) in [5, 5.41) is 0.801. The minimum Gasteiger partial charge on any atom is -0.444 e. The van der Waals surface area contributed by atoms with Crippen molar-refractivity contribution in [2.24, 2.45) is 0 Å². The molecule has 1 atom stereocenters. The number of ether oxygens (including phenoxy) is 1. The van der Waals surface area contributed by atoms with Crippen LogP contribution in [0.5, 0.6) is 0 Å². The number of anilines is 1. The standard InChI is InChI=1S/C19H27ClN2O2/c1-19(2,3)24-18(23)21-10-5-7-16(13-21)22-11-4-6-14-12-15(20)8-9-17(14)22/h8-9,12,16H,4-7,10-11,13H2,1-3H3. The summed E-state index contributed by atoms with van der Waals surface area (Å²) in [7, 11) is 0. The Morgan fingerprint density at radius 2 is 2.04 bits per heavy atom. The Labute approximate surface area is 149 Å². The SMILES string of the molecule is CC(C)(C)OC(=O)N1CCCC(N2CCCc3cc(Cl)ccc32)C1. The lowest BCUT2D eigenvalue weighted by Crippen LogP contribution is -2.52. The van der Waals surface area contributed by atoms with Crippen LogP contribution in [-0.4, -0.2) is 42.3 Å². The number of carbonyl (C=O) groups is 1. The number of aryl methyl sites for hydroxylation is 1. The average Bonchev–Trinajstić information content (AvgIpc) is 2.52. The summed E-state index contributed by atoms with van der Waals surface area (Å²) >= 11 is 6.15. The monoisotopic (exact) mass is 350 g/mol. The summed E-state index contributed by atoms with van der Waals surface area (Å²) in [5.41, 5.74) is 2.16. The third-order valence-corrected chi connectivity index (χ3v) is 4.92. The molecule has 0 saturated carbocycles. The van der Waals surface area contributed by atoms with E-state index in [1.807, 2.05) is 31.7 Å². The molecule has 2 heterocycles. The van der Waals surface area contributed by atoms with Crippen molar-refractivity contribution in [2.75, 3.05) is 24.5 Å². The molecule has 1 aromatic carbocycles. The first kappa shape index (κ1) is 17.4. The van der Waals surface area contributed by atoms with Gasteiger partial charge >= 0.3 is 6.09 Å². The van der Waals surface area contributed by atoms with Gasteiger partial charge in [-0.3, -0.25) is 0 Å². The third-order valence-electron chi connectivity index (χ3n) is 4.69. The summed E-state index contributed by atoms with van der Waals surface area (Å²) in [6, 6.07) is 6.53. The molecule has 0 bridgehead atoms. The van der Waals surface area contributed by atoms with Gasteiger partial charge in [0.2, 0.25) is 0 Å². The largest absolute Gasteiger partial charge is 0.444 e. The molecule has 0 N–H and O–H groups in total. The van der Waals surface area contributed by atoms with Crippen molar-refractivity contribution >= 4 is 23.4 Å². The Kier molecular flexibility index (Phi) is 4.95. The van der Waals surface area contributed by atoms with Crippen LogP contribution >= 0.6 is 11.6 Å². The van der Waals surface area contributed by atoms with Gasteiger partial charge in [0, 0.05) is 36.4 Å². The fourth-order valence-electron chi connectivity index (χ4n) is 3.68. The zero-order valence-electron chi connectivity index (χ0n) is 14.8. The predicted octanol–water partition coefficient (Wildman–Crippen LogP) is 4.49. The van der Waals surface area contributed by atoms with Gasteiger partial charge < -0.3 is 14.5 Å². The van der Waals surface area contributed by atoms with Crippen LogP contribution in [0.2, 0.25) is 5.02 Å². The van der Waals surface area contributed by atoms with Gasteiger partial charge in [0.15, 0.2) is 0 Å². The molecule has 0 spiro atoms. The number of hydrogen-bond acceptors (Lipinski definition) is 3. The third kappa shape index (κ3) is 3.97. The molecule has 2 aliphatic rings. The lowest BCUT2D eigenvalue weighted by molar-refractivity contribution is 0.0197. The number of rotatable bonds is 1. The van der Waals surface area contributed by atoms with E-state index in [1.54, 1.807) is 0 Å². The van der Waals surface area contributed by atoms with E-state index in [9.17, 15) is 4.79 Å². The molecule has 4 nitrogen and oxygen atoms in total. The molecule has 1 unspecified atom stereocenters.